The molecule has 1 atom stereocenters. The summed E-state index contributed by atoms with van der Waals surface area (Å²) >= 11 is 0. The lowest BCUT2D eigenvalue weighted by Gasteiger charge is -2.28. The topological polar surface area (TPSA) is 21.3 Å². The first-order valence-corrected chi connectivity index (χ1v) is 6.36. The molecule has 0 saturated carbocycles. The summed E-state index contributed by atoms with van der Waals surface area (Å²) in [5, 5.41) is 3.42. The van der Waals surface area contributed by atoms with E-state index in [0.29, 0.717) is 0 Å². The van der Waals surface area contributed by atoms with Crippen LogP contribution in [0.4, 0.5) is 10.1 Å². The summed E-state index contributed by atoms with van der Waals surface area (Å²) in [6.07, 6.45) is 0. The van der Waals surface area contributed by atoms with E-state index in [2.05, 4.69) is 11.4 Å². The van der Waals surface area contributed by atoms with Crippen LogP contribution in [0.2, 0.25) is 0 Å². The van der Waals surface area contributed by atoms with Gasteiger partial charge in [-0.15, -0.1) is 0 Å². The second kappa shape index (κ2) is 4.26. The van der Waals surface area contributed by atoms with Gasteiger partial charge >= 0.3 is 0 Å². The number of benzene rings is 2. The fraction of sp³-hybridized carbons (Fsp3) is 0.250. The highest BCUT2D eigenvalue weighted by atomic mass is 19.1. The van der Waals surface area contributed by atoms with Gasteiger partial charge in [0.25, 0.3) is 0 Å². The molecular formula is C16H16FNO. The Morgan fingerprint density at radius 3 is 2.47 bits per heavy atom. The molecule has 3 heteroatoms. The Balaban J connectivity index is 1.93. The van der Waals surface area contributed by atoms with E-state index in [0.717, 1.165) is 17.0 Å². The molecule has 0 aromatic heterocycles. The molecular weight excluding hydrogens is 241 g/mol. The van der Waals surface area contributed by atoms with Gasteiger partial charge in [-0.1, -0.05) is 18.2 Å². The van der Waals surface area contributed by atoms with E-state index in [-0.39, 0.29) is 17.5 Å². The van der Waals surface area contributed by atoms with Crippen LogP contribution >= 0.6 is 0 Å². The number of ether oxygens (including phenoxy) is 1. The lowest BCUT2D eigenvalue weighted by atomic mass is 9.94. The van der Waals surface area contributed by atoms with Gasteiger partial charge in [-0.3, -0.25) is 0 Å². The number of fused-ring (bicyclic) bond motifs is 1. The highest BCUT2D eigenvalue weighted by Gasteiger charge is 2.40. The maximum Gasteiger partial charge on any atom is 0.128 e. The number of rotatable bonds is 2. The van der Waals surface area contributed by atoms with Crippen LogP contribution in [0.25, 0.3) is 0 Å². The predicted octanol–water partition coefficient (Wildman–Crippen LogP) is 4.15. The minimum Gasteiger partial charge on any atom is -0.485 e. The zero-order valence-corrected chi connectivity index (χ0v) is 11.0. The van der Waals surface area contributed by atoms with Gasteiger partial charge in [0.2, 0.25) is 0 Å². The van der Waals surface area contributed by atoms with Crippen molar-refractivity contribution in [2.45, 2.75) is 25.5 Å². The molecule has 2 aromatic carbocycles. The number of hydrogen-bond acceptors (Lipinski definition) is 2. The summed E-state index contributed by atoms with van der Waals surface area (Å²) in [5.41, 5.74) is 1.69. The van der Waals surface area contributed by atoms with Crippen molar-refractivity contribution in [2.24, 2.45) is 0 Å². The van der Waals surface area contributed by atoms with Gasteiger partial charge < -0.3 is 10.1 Å². The van der Waals surface area contributed by atoms with Gasteiger partial charge in [0.1, 0.15) is 17.2 Å². The van der Waals surface area contributed by atoms with Crippen LogP contribution in [-0.4, -0.2) is 5.60 Å². The van der Waals surface area contributed by atoms with Crippen molar-refractivity contribution < 1.29 is 9.13 Å². The van der Waals surface area contributed by atoms with E-state index < -0.39 is 0 Å². The fourth-order valence-electron chi connectivity index (χ4n) is 2.49. The minimum atomic E-state index is -0.335. The molecule has 2 nitrogen and oxygen atoms in total. The van der Waals surface area contributed by atoms with Crippen LogP contribution in [0.3, 0.4) is 0 Å². The van der Waals surface area contributed by atoms with E-state index in [1.54, 1.807) is 12.1 Å². The van der Waals surface area contributed by atoms with Crippen molar-refractivity contribution >= 4 is 5.69 Å². The van der Waals surface area contributed by atoms with Gasteiger partial charge in [-0.2, -0.15) is 0 Å². The number of nitrogens with one attached hydrogen (secondary N) is 1. The summed E-state index contributed by atoms with van der Waals surface area (Å²) in [6, 6.07) is 14.5. The number of para-hydroxylation sites is 1. The largest absolute Gasteiger partial charge is 0.485 e. The van der Waals surface area contributed by atoms with Gasteiger partial charge in [-0.05, 0) is 44.2 Å². The van der Waals surface area contributed by atoms with E-state index >= 15 is 0 Å². The standard InChI is InChI=1S/C16H16FNO/c1-16(2)15(13-5-3-4-6-14(13)19-16)18-12-9-7-11(17)8-10-12/h3-10,15,18H,1-2H3. The molecule has 1 heterocycles. The monoisotopic (exact) mass is 257 g/mol. The Labute approximate surface area is 112 Å². The normalized spacial score (nSPS) is 19.6. The highest BCUT2D eigenvalue weighted by molar-refractivity contribution is 5.51. The van der Waals surface area contributed by atoms with Crippen molar-refractivity contribution in [1.82, 2.24) is 0 Å². The van der Waals surface area contributed by atoms with Gasteiger partial charge in [0.05, 0.1) is 6.04 Å². The van der Waals surface area contributed by atoms with Crippen molar-refractivity contribution in [2.75, 3.05) is 5.32 Å². The van der Waals surface area contributed by atoms with E-state index in [4.69, 9.17) is 4.74 Å². The van der Waals surface area contributed by atoms with Crippen molar-refractivity contribution in [3.63, 3.8) is 0 Å². The van der Waals surface area contributed by atoms with Crippen LogP contribution in [0.1, 0.15) is 25.5 Å². The van der Waals surface area contributed by atoms with Crippen LogP contribution in [-0.2, 0) is 0 Å². The molecule has 1 N–H and O–H groups in total. The van der Waals surface area contributed by atoms with E-state index in [1.165, 1.54) is 12.1 Å². The molecule has 1 aliphatic rings. The molecule has 1 aliphatic heterocycles. The molecule has 1 unspecified atom stereocenters. The third kappa shape index (κ3) is 2.16. The van der Waals surface area contributed by atoms with Crippen molar-refractivity contribution in [3.8, 4) is 5.75 Å². The Morgan fingerprint density at radius 2 is 1.74 bits per heavy atom. The Hall–Kier alpha value is -2.03. The molecule has 19 heavy (non-hydrogen) atoms. The smallest absolute Gasteiger partial charge is 0.128 e. The molecule has 0 radical (unpaired) electrons. The molecule has 0 bridgehead atoms. The lowest BCUT2D eigenvalue weighted by Crippen LogP contribution is -2.34. The first kappa shape index (κ1) is 12.0. The molecule has 2 aromatic rings. The lowest BCUT2D eigenvalue weighted by molar-refractivity contribution is 0.118. The summed E-state index contributed by atoms with van der Waals surface area (Å²) in [7, 11) is 0. The molecule has 0 aliphatic carbocycles. The average Bonchev–Trinajstić information content (AvgIpc) is 2.63. The van der Waals surface area contributed by atoms with Gasteiger partial charge in [-0.25, -0.2) is 4.39 Å². The zero-order chi connectivity index (χ0) is 13.5. The van der Waals surface area contributed by atoms with E-state index in [1.807, 2.05) is 32.0 Å². The predicted molar refractivity (Wildman–Crippen MR) is 73.9 cm³/mol. The second-order valence-corrected chi connectivity index (χ2v) is 5.33. The SMILES string of the molecule is CC1(C)Oc2ccccc2C1Nc1ccc(F)cc1. The summed E-state index contributed by atoms with van der Waals surface area (Å²) in [5.74, 6) is 0.681. The van der Waals surface area contributed by atoms with Crippen molar-refractivity contribution in [3.05, 3.63) is 59.9 Å². The second-order valence-electron chi connectivity index (χ2n) is 5.33. The summed E-state index contributed by atoms with van der Waals surface area (Å²) < 4.78 is 18.9. The molecule has 0 fully saturated rings. The average molecular weight is 257 g/mol. The Kier molecular flexibility index (Phi) is 2.70. The summed E-state index contributed by atoms with van der Waals surface area (Å²) in [6.45, 7) is 4.10. The van der Waals surface area contributed by atoms with Gasteiger partial charge in [0, 0.05) is 11.3 Å². The van der Waals surface area contributed by atoms with E-state index in [9.17, 15) is 4.39 Å². The fourth-order valence-corrected chi connectivity index (χ4v) is 2.49. The van der Waals surface area contributed by atoms with Crippen LogP contribution in [0, 0.1) is 5.82 Å². The number of hydrogen-bond donors (Lipinski definition) is 1. The molecule has 0 saturated heterocycles. The number of anilines is 1. The molecule has 3 rings (SSSR count). The summed E-state index contributed by atoms with van der Waals surface area (Å²) in [4.78, 5) is 0. The molecule has 0 amide bonds. The zero-order valence-electron chi connectivity index (χ0n) is 11.0. The first-order valence-electron chi connectivity index (χ1n) is 6.36. The quantitative estimate of drug-likeness (QED) is 0.872. The maximum absolute atomic E-state index is 12.9. The third-order valence-corrected chi connectivity index (χ3v) is 3.45. The Morgan fingerprint density at radius 1 is 1.05 bits per heavy atom. The minimum absolute atomic E-state index is 0.0501. The van der Waals surface area contributed by atoms with Gasteiger partial charge in [0.15, 0.2) is 0 Å². The Bertz CT molecular complexity index is 592. The van der Waals surface area contributed by atoms with Crippen LogP contribution in [0.15, 0.2) is 48.5 Å². The van der Waals surface area contributed by atoms with Crippen LogP contribution < -0.4 is 10.1 Å². The maximum atomic E-state index is 12.9. The van der Waals surface area contributed by atoms with Crippen LogP contribution in [0.5, 0.6) is 5.75 Å². The van der Waals surface area contributed by atoms with Crippen molar-refractivity contribution in [1.29, 1.82) is 0 Å². The first-order chi connectivity index (χ1) is 9.06. The highest BCUT2D eigenvalue weighted by Crippen LogP contribution is 2.44. The molecule has 0 spiro atoms. The number of halogens is 1. The third-order valence-electron chi connectivity index (χ3n) is 3.45. The molecule has 98 valence electrons.